The van der Waals surface area contributed by atoms with Gasteiger partial charge in [0.05, 0.1) is 10.2 Å². The number of aryl methyl sites for hydroxylation is 1. The minimum absolute atomic E-state index is 0.0441. The van der Waals surface area contributed by atoms with Crippen LogP contribution < -0.4 is 10.6 Å². The first-order chi connectivity index (χ1) is 11.1. The van der Waals surface area contributed by atoms with E-state index >= 15 is 0 Å². The maximum atomic E-state index is 12.0. The van der Waals surface area contributed by atoms with Crippen molar-refractivity contribution in [3.05, 3.63) is 40.6 Å². The highest BCUT2D eigenvalue weighted by Gasteiger charge is 2.09. The number of anilines is 2. The Balaban J connectivity index is 1.65. The lowest BCUT2D eigenvalue weighted by atomic mass is 10.2. The Bertz CT molecular complexity index is 840. The number of carbonyl (C=O) groups is 2. The van der Waals surface area contributed by atoms with Crippen LogP contribution in [0.5, 0.6) is 0 Å². The Hall–Kier alpha value is -2.25. The first-order valence-corrected chi connectivity index (χ1v) is 8.85. The van der Waals surface area contributed by atoms with Crippen molar-refractivity contribution < 1.29 is 9.59 Å². The Labute approximate surface area is 141 Å². The van der Waals surface area contributed by atoms with Gasteiger partial charge in [0.1, 0.15) is 0 Å². The van der Waals surface area contributed by atoms with Gasteiger partial charge < -0.3 is 10.6 Å². The van der Waals surface area contributed by atoms with Crippen molar-refractivity contribution in [3.63, 3.8) is 0 Å². The molecule has 0 atom stereocenters. The molecule has 1 aromatic carbocycles. The van der Waals surface area contributed by atoms with E-state index in [1.165, 1.54) is 23.8 Å². The van der Waals surface area contributed by atoms with Gasteiger partial charge in [0.15, 0.2) is 5.13 Å². The summed E-state index contributed by atoms with van der Waals surface area (Å²) in [6, 6.07) is 7.51. The zero-order valence-corrected chi connectivity index (χ0v) is 14.1. The molecule has 0 saturated carbocycles. The summed E-state index contributed by atoms with van der Waals surface area (Å²) in [6.07, 6.45) is 1.16. The van der Waals surface area contributed by atoms with Crippen molar-refractivity contribution in [2.45, 2.75) is 19.8 Å². The van der Waals surface area contributed by atoms with Gasteiger partial charge in [-0.15, -0.1) is 0 Å². The number of fused-ring (bicyclic) bond motifs is 1. The van der Waals surface area contributed by atoms with Crippen LogP contribution in [0.4, 0.5) is 10.8 Å². The van der Waals surface area contributed by atoms with Crippen LogP contribution >= 0.6 is 22.7 Å². The average molecular weight is 345 g/mol. The van der Waals surface area contributed by atoms with Crippen LogP contribution in [0, 0.1) is 0 Å². The van der Waals surface area contributed by atoms with Crippen LogP contribution in [0.25, 0.3) is 10.2 Å². The number of thiazole rings is 1. The topological polar surface area (TPSA) is 71.1 Å². The van der Waals surface area contributed by atoms with E-state index in [0.717, 1.165) is 22.3 Å². The normalized spacial score (nSPS) is 10.7. The van der Waals surface area contributed by atoms with Crippen molar-refractivity contribution >= 4 is 55.5 Å². The molecule has 0 radical (unpaired) electrons. The average Bonchev–Trinajstić information content (AvgIpc) is 3.12. The fourth-order valence-electron chi connectivity index (χ4n) is 2.13. The number of hydrogen-bond acceptors (Lipinski definition) is 5. The highest BCUT2D eigenvalue weighted by Crippen LogP contribution is 2.28. The Morgan fingerprint density at radius 3 is 2.83 bits per heavy atom. The molecule has 0 fully saturated rings. The predicted molar refractivity (Wildman–Crippen MR) is 95.2 cm³/mol. The van der Waals surface area contributed by atoms with Gasteiger partial charge in [0, 0.05) is 19.0 Å². The molecule has 0 aliphatic carbocycles. The fraction of sp³-hybridized carbons (Fsp3) is 0.188. The molecule has 2 heterocycles. The van der Waals surface area contributed by atoms with Crippen molar-refractivity contribution in [3.8, 4) is 0 Å². The predicted octanol–water partition coefficient (Wildman–Crippen LogP) is 3.89. The second-order valence-corrected chi connectivity index (χ2v) is 6.87. The lowest BCUT2D eigenvalue weighted by molar-refractivity contribution is -0.116. The zero-order valence-electron chi connectivity index (χ0n) is 12.5. The molecule has 118 valence electrons. The standard InChI is InChI=1S/C16H15N3O2S2/c1-10(20)17-12-3-4-13-14(8-12)23-16(18-13)19-15(21)5-2-11-6-7-22-9-11/h3-4,6-9H,2,5H2,1H3,(H,17,20)(H,18,19,21). The number of carbonyl (C=O) groups excluding carboxylic acids is 2. The van der Waals surface area contributed by atoms with E-state index < -0.39 is 0 Å². The molecule has 3 aromatic rings. The number of nitrogens with zero attached hydrogens (tertiary/aromatic N) is 1. The van der Waals surface area contributed by atoms with Crippen LogP contribution in [0.15, 0.2) is 35.0 Å². The number of benzene rings is 1. The van der Waals surface area contributed by atoms with E-state index in [2.05, 4.69) is 21.0 Å². The summed E-state index contributed by atoms with van der Waals surface area (Å²) in [4.78, 5) is 27.5. The number of aromatic nitrogens is 1. The molecule has 5 nitrogen and oxygen atoms in total. The van der Waals surface area contributed by atoms with Crippen molar-refractivity contribution in [2.24, 2.45) is 0 Å². The highest BCUT2D eigenvalue weighted by molar-refractivity contribution is 7.22. The van der Waals surface area contributed by atoms with Crippen molar-refractivity contribution in [1.82, 2.24) is 4.98 Å². The highest BCUT2D eigenvalue weighted by atomic mass is 32.1. The quantitative estimate of drug-likeness (QED) is 0.737. The molecule has 7 heteroatoms. The maximum Gasteiger partial charge on any atom is 0.226 e. The minimum Gasteiger partial charge on any atom is -0.326 e. The van der Waals surface area contributed by atoms with Gasteiger partial charge in [-0.05, 0) is 47.0 Å². The van der Waals surface area contributed by atoms with Crippen LogP contribution in [-0.2, 0) is 16.0 Å². The number of rotatable bonds is 5. The monoisotopic (exact) mass is 345 g/mol. The summed E-state index contributed by atoms with van der Waals surface area (Å²) in [7, 11) is 0. The second kappa shape index (κ2) is 6.89. The first-order valence-electron chi connectivity index (χ1n) is 7.09. The molecule has 0 unspecified atom stereocenters. The van der Waals surface area contributed by atoms with Crippen LogP contribution in [0.3, 0.4) is 0 Å². The minimum atomic E-state index is -0.115. The molecule has 0 saturated heterocycles. The molecule has 2 aromatic heterocycles. The summed E-state index contributed by atoms with van der Waals surface area (Å²) in [5.74, 6) is -0.159. The Morgan fingerprint density at radius 2 is 2.09 bits per heavy atom. The lowest BCUT2D eigenvalue weighted by Crippen LogP contribution is -2.11. The largest absolute Gasteiger partial charge is 0.326 e. The van der Waals surface area contributed by atoms with E-state index in [1.54, 1.807) is 17.4 Å². The van der Waals surface area contributed by atoms with Crippen molar-refractivity contribution in [2.75, 3.05) is 10.6 Å². The Kier molecular flexibility index (Phi) is 4.68. The molecular weight excluding hydrogens is 330 g/mol. The van der Waals surface area contributed by atoms with Crippen LogP contribution in [0.2, 0.25) is 0 Å². The molecule has 0 aliphatic heterocycles. The van der Waals surface area contributed by atoms with Crippen LogP contribution in [0.1, 0.15) is 18.9 Å². The van der Waals surface area contributed by atoms with Gasteiger partial charge in [-0.25, -0.2) is 4.98 Å². The van der Waals surface area contributed by atoms with Gasteiger partial charge in [0.25, 0.3) is 0 Å². The van der Waals surface area contributed by atoms with Gasteiger partial charge in [-0.1, -0.05) is 11.3 Å². The number of hydrogen-bond donors (Lipinski definition) is 2. The Morgan fingerprint density at radius 1 is 1.22 bits per heavy atom. The molecule has 3 rings (SSSR count). The maximum absolute atomic E-state index is 12.0. The molecule has 2 N–H and O–H groups in total. The summed E-state index contributed by atoms with van der Waals surface area (Å²) < 4.78 is 0.921. The van der Waals surface area contributed by atoms with Crippen molar-refractivity contribution in [1.29, 1.82) is 0 Å². The summed E-state index contributed by atoms with van der Waals surface area (Å²) in [6.45, 7) is 1.47. The number of thiophene rings is 1. The van der Waals surface area contributed by atoms with E-state index in [-0.39, 0.29) is 11.8 Å². The SMILES string of the molecule is CC(=O)Nc1ccc2nc(NC(=O)CCc3ccsc3)sc2c1. The zero-order chi connectivity index (χ0) is 16.2. The molecule has 0 aliphatic rings. The molecule has 0 spiro atoms. The smallest absolute Gasteiger partial charge is 0.226 e. The lowest BCUT2D eigenvalue weighted by Gasteiger charge is -2.00. The number of amides is 2. The van der Waals surface area contributed by atoms with Gasteiger partial charge in [-0.3, -0.25) is 9.59 Å². The molecule has 0 bridgehead atoms. The van der Waals surface area contributed by atoms with Crippen LogP contribution in [-0.4, -0.2) is 16.8 Å². The van der Waals surface area contributed by atoms with E-state index in [4.69, 9.17) is 0 Å². The third kappa shape index (κ3) is 4.14. The summed E-state index contributed by atoms with van der Waals surface area (Å²) in [5.41, 5.74) is 2.70. The second-order valence-electron chi connectivity index (χ2n) is 5.06. The van der Waals surface area contributed by atoms with Gasteiger partial charge in [-0.2, -0.15) is 11.3 Å². The molecule has 2 amide bonds. The number of nitrogens with one attached hydrogen (secondary N) is 2. The first kappa shape index (κ1) is 15.6. The van der Waals surface area contributed by atoms with E-state index in [0.29, 0.717) is 11.6 Å². The van der Waals surface area contributed by atoms with E-state index in [9.17, 15) is 9.59 Å². The van der Waals surface area contributed by atoms with Gasteiger partial charge >= 0.3 is 0 Å². The summed E-state index contributed by atoms with van der Waals surface area (Å²) >= 11 is 3.03. The molecular formula is C16H15N3O2S2. The fourth-order valence-corrected chi connectivity index (χ4v) is 3.76. The van der Waals surface area contributed by atoms with Gasteiger partial charge in [0.2, 0.25) is 11.8 Å². The van der Waals surface area contributed by atoms with E-state index in [1.807, 2.05) is 23.6 Å². The third-order valence-corrected chi connectivity index (χ3v) is 4.84. The molecule has 23 heavy (non-hydrogen) atoms. The summed E-state index contributed by atoms with van der Waals surface area (Å²) in [5, 5.41) is 10.2. The third-order valence-electron chi connectivity index (χ3n) is 3.18.